The molecule has 0 bridgehead atoms. The highest BCUT2D eigenvalue weighted by Gasteiger charge is 2.12. The number of nitrogens with one attached hydrogen (secondary N) is 1. The zero-order valence-electron chi connectivity index (χ0n) is 9.41. The van der Waals surface area contributed by atoms with E-state index in [9.17, 15) is 10.1 Å². The molecule has 1 N–H and O–H groups in total. The van der Waals surface area contributed by atoms with Gasteiger partial charge in [-0.25, -0.2) is 4.98 Å². The van der Waals surface area contributed by atoms with Crippen LogP contribution in [-0.4, -0.2) is 21.0 Å². The molecule has 0 saturated heterocycles. The van der Waals surface area contributed by atoms with Crippen molar-refractivity contribution in [1.82, 2.24) is 9.55 Å². The van der Waals surface area contributed by atoms with Gasteiger partial charge in [-0.1, -0.05) is 15.9 Å². The van der Waals surface area contributed by atoms with Gasteiger partial charge in [0.25, 0.3) is 5.69 Å². The molecular formula is C11H11BrN4O2. The summed E-state index contributed by atoms with van der Waals surface area (Å²) in [6, 6.07) is 4.83. The maximum Gasteiger partial charge on any atom is 0.292 e. The zero-order chi connectivity index (χ0) is 13.0. The van der Waals surface area contributed by atoms with E-state index in [1.165, 1.54) is 6.07 Å². The Morgan fingerprint density at radius 2 is 2.33 bits per heavy atom. The van der Waals surface area contributed by atoms with Gasteiger partial charge in [-0.05, 0) is 12.1 Å². The van der Waals surface area contributed by atoms with Crippen LogP contribution in [0.3, 0.4) is 0 Å². The lowest BCUT2D eigenvalue weighted by Crippen LogP contribution is -2.10. The van der Waals surface area contributed by atoms with Crippen LogP contribution >= 0.6 is 15.9 Å². The van der Waals surface area contributed by atoms with Gasteiger partial charge in [0, 0.05) is 36.0 Å². The molecule has 0 radical (unpaired) electrons. The molecule has 1 heterocycles. The molecule has 0 aliphatic carbocycles. The van der Waals surface area contributed by atoms with E-state index in [-0.39, 0.29) is 5.69 Å². The number of hydrogen-bond donors (Lipinski definition) is 1. The Bertz CT molecular complexity index is 542. The molecule has 0 spiro atoms. The number of aromatic nitrogens is 2. The number of imidazole rings is 1. The summed E-state index contributed by atoms with van der Waals surface area (Å²) in [5.74, 6) is 0. The van der Waals surface area contributed by atoms with Crippen LogP contribution in [0.1, 0.15) is 0 Å². The zero-order valence-corrected chi connectivity index (χ0v) is 11.0. The quantitative estimate of drug-likeness (QED) is 0.680. The molecular weight excluding hydrogens is 300 g/mol. The average molecular weight is 311 g/mol. The molecule has 1 aromatic carbocycles. The third-order valence-electron chi connectivity index (χ3n) is 2.40. The first kappa shape index (κ1) is 12.6. The monoisotopic (exact) mass is 310 g/mol. The maximum absolute atomic E-state index is 10.9. The van der Waals surface area contributed by atoms with E-state index >= 15 is 0 Å². The van der Waals surface area contributed by atoms with Crippen LogP contribution in [0, 0.1) is 10.1 Å². The van der Waals surface area contributed by atoms with Crippen LogP contribution in [0.15, 0.2) is 41.4 Å². The van der Waals surface area contributed by atoms with Gasteiger partial charge in [-0.15, -0.1) is 0 Å². The summed E-state index contributed by atoms with van der Waals surface area (Å²) < 4.78 is 2.70. The minimum atomic E-state index is -0.397. The van der Waals surface area contributed by atoms with Crippen LogP contribution in [0.5, 0.6) is 0 Å². The third-order valence-corrected chi connectivity index (χ3v) is 2.89. The Kier molecular flexibility index (Phi) is 3.93. The van der Waals surface area contributed by atoms with Gasteiger partial charge in [-0.2, -0.15) is 0 Å². The molecule has 6 nitrogen and oxygen atoms in total. The molecule has 2 rings (SSSR count). The number of hydrogen-bond acceptors (Lipinski definition) is 4. The van der Waals surface area contributed by atoms with Crippen LogP contribution in [0.25, 0.3) is 0 Å². The molecule has 7 heteroatoms. The fraction of sp³-hybridized carbons (Fsp3) is 0.182. The van der Waals surface area contributed by atoms with E-state index in [1.807, 2.05) is 10.8 Å². The number of rotatable bonds is 5. The van der Waals surface area contributed by atoms with Crippen LogP contribution in [0.4, 0.5) is 11.4 Å². The van der Waals surface area contributed by atoms with Crippen molar-refractivity contribution in [3.63, 3.8) is 0 Å². The standard InChI is InChI=1S/C11H11BrN4O2/c12-9-1-2-11(16(17)18)10(7-9)14-4-6-15-5-3-13-8-15/h1-3,5,7-8,14H,4,6H2. The fourth-order valence-electron chi connectivity index (χ4n) is 1.55. The molecule has 0 aliphatic heterocycles. The topological polar surface area (TPSA) is 73.0 Å². The van der Waals surface area contributed by atoms with Crippen molar-refractivity contribution in [1.29, 1.82) is 0 Å². The van der Waals surface area contributed by atoms with E-state index in [0.717, 1.165) is 4.47 Å². The van der Waals surface area contributed by atoms with Gasteiger partial charge in [0.05, 0.1) is 11.3 Å². The minimum absolute atomic E-state index is 0.0730. The molecule has 0 amide bonds. The normalized spacial score (nSPS) is 10.3. The maximum atomic E-state index is 10.9. The Balaban J connectivity index is 2.03. The summed E-state index contributed by atoms with van der Waals surface area (Å²) >= 11 is 3.30. The molecule has 18 heavy (non-hydrogen) atoms. The van der Waals surface area contributed by atoms with Crippen molar-refractivity contribution in [3.05, 3.63) is 51.5 Å². The van der Waals surface area contributed by atoms with Gasteiger partial charge in [0.1, 0.15) is 5.69 Å². The molecule has 0 unspecified atom stereocenters. The summed E-state index contributed by atoms with van der Waals surface area (Å²) in [7, 11) is 0. The summed E-state index contributed by atoms with van der Waals surface area (Å²) in [5, 5.41) is 13.9. The van der Waals surface area contributed by atoms with Crippen molar-refractivity contribution in [3.8, 4) is 0 Å². The summed E-state index contributed by atoms with van der Waals surface area (Å²) in [6.45, 7) is 1.29. The van der Waals surface area contributed by atoms with Gasteiger partial charge in [0.2, 0.25) is 0 Å². The number of benzene rings is 1. The summed E-state index contributed by atoms with van der Waals surface area (Å²) in [6.07, 6.45) is 5.25. The van der Waals surface area contributed by atoms with E-state index in [0.29, 0.717) is 18.8 Å². The van der Waals surface area contributed by atoms with Gasteiger partial charge in [-0.3, -0.25) is 10.1 Å². The lowest BCUT2D eigenvalue weighted by molar-refractivity contribution is -0.384. The molecule has 0 aliphatic rings. The van der Waals surface area contributed by atoms with Crippen molar-refractivity contribution in [2.45, 2.75) is 6.54 Å². The molecule has 1 aromatic heterocycles. The van der Waals surface area contributed by atoms with Gasteiger partial charge in [0.15, 0.2) is 0 Å². The number of nitro benzene ring substituents is 1. The second-order valence-corrected chi connectivity index (χ2v) is 4.56. The highest BCUT2D eigenvalue weighted by molar-refractivity contribution is 9.10. The van der Waals surface area contributed by atoms with Crippen molar-refractivity contribution < 1.29 is 4.92 Å². The highest BCUT2D eigenvalue weighted by Crippen LogP contribution is 2.27. The first-order valence-corrected chi connectivity index (χ1v) is 6.09. The van der Waals surface area contributed by atoms with Crippen molar-refractivity contribution >= 4 is 27.3 Å². The summed E-state index contributed by atoms with van der Waals surface area (Å²) in [4.78, 5) is 14.4. The predicted molar refractivity (Wildman–Crippen MR) is 71.5 cm³/mol. The molecule has 0 saturated carbocycles. The van der Waals surface area contributed by atoms with Crippen molar-refractivity contribution in [2.75, 3.05) is 11.9 Å². The second-order valence-electron chi connectivity index (χ2n) is 3.65. The van der Waals surface area contributed by atoms with Crippen LogP contribution < -0.4 is 5.32 Å². The molecule has 0 atom stereocenters. The lowest BCUT2D eigenvalue weighted by Gasteiger charge is -2.08. The minimum Gasteiger partial charge on any atom is -0.378 e. The Labute approximate surface area is 112 Å². The average Bonchev–Trinajstić information content (AvgIpc) is 2.82. The third kappa shape index (κ3) is 3.07. The number of nitrogens with zero attached hydrogens (tertiary/aromatic N) is 3. The van der Waals surface area contributed by atoms with E-state index in [1.54, 1.807) is 24.7 Å². The molecule has 0 fully saturated rings. The largest absolute Gasteiger partial charge is 0.378 e. The van der Waals surface area contributed by atoms with Gasteiger partial charge >= 0.3 is 0 Å². The first-order chi connectivity index (χ1) is 8.66. The highest BCUT2D eigenvalue weighted by atomic mass is 79.9. The number of anilines is 1. The number of halogens is 1. The van der Waals surface area contributed by atoms with Gasteiger partial charge < -0.3 is 9.88 Å². The SMILES string of the molecule is O=[N+]([O-])c1ccc(Br)cc1NCCn1ccnc1. The molecule has 94 valence electrons. The Morgan fingerprint density at radius 1 is 1.50 bits per heavy atom. The first-order valence-electron chi connectivity index (χ1n) is 5.30. The summed E-state index contributed by atoms with van der Waals surface area (Å²) in [5.41, 5.74) is 0.582. The molecule has 2 aromatic rings. The Morgan fingerprint density at radius 3 is 3.00 bits per heavy atom. The van der Waals surface area contributed by atoms with Crippen LogP contribution in [-0.2, 0) is 6.54 Å². The predicted octanol–water partition coefficient (Wildman–Crippen LogP) is 2.67. The smallest absolute Gasteiger partial charge is 0.292 e. The lowest BCUT2D eigenvalue weighted by atomic mass is 10.2. The number of nitro groups is 1. The second kappa shape index (κ2) is 5.63. The van der Waals surface area contributed by atoms with Crippen LogP contribution in [0.2, 0.25) is 0 Å². The fourth-order valence-corrected chi connectivity index (χ4v) is 1.91. The van der Waals surface area contributed by atoms with E-state index in [2.05, 4.69) is 26.2 Å². The van der Waals surface area contributed by atoms with Crippen molar-refractivity contribution in [2.24, 2.45) is 0 Å². The Hall–Kier alpha value is -1.89. The van der Waals surface area contributed by atoms with E-state index < -0.39 is 4.92 Å². The van der Waals surface area contributed by atoms with E-state index in [4.69, 9.17) is 0 Å².